The molecule has 7 nitrogen and oxygen atoms in total. The summed E-state index contributed by atoms with van der Waals surface area (Å²) >= 11 is 0. The van der Waals surface area contributed by atoms with Crippen LogP contribution in [0.5, 0.6) is 0 Å². The summed E-state index contributed by atoms with van der Waals surface area (Å²) in [6.07, 6.45) is 1.60. The molecule has 0 unspecified atom stereocenters. The van der Waals surface area contributed by atoms with E-state index >= 15 is 0 Å². The van der Waals surface area contributed by atoms with Gasteiger partial charge in [0.05, 0.1) is 28.9 Å². The fourth-order valence-corrected chi connectivity index (χ4v) is 1.55. The van der Waals surface area contributed by atoms with Crippen molar-refractivity contribution in [3.8, 4) is 6.07 Å². The van der Waals surface area contributed by atoms with E-state index in [1.165, 1.54) is 18.2 Å². The van der Waals surface area contributed by atoms with Crippen LogP contribution in [0.15, 0.2) is 28.8 Å². The average molecular weight is 258 g/mol. The van der Waals surface area contributed by atoms with Gasteiger partial charge in [-0.1, -0.05) is 0 Å². The molecular weight excluding hydrogens is 248 g/mol. The number of benzene rings is 1. The second-order valence-corrected chi connectivity index (χ2v) is 3.82. The van der Waals surface area contributed by atoms with Crippen molar-refractivity contribution in [2.75, 3.05) is 5.32 Å². The van der Waals surface area contributed by atoms with Gasteiger partial charge in [-0.05, 0) is 13.0 Å². The van der Waals surface area contributed by atoms with Gasteiger partial charge in [-0.25, -0.2) is 4.98 Å². The summed E-state index contributed by atoms with van der Waals surface area (Å²) in [6, 6.07) is 5.97. The lowest BCUT2D eigenvalue weighted by Crippen LogP contribution is -2.02. The Morgan fingerprint density at radius 1 is 1.58 bits per heavy atom. The number of aromatic nitrogens is 1. The van der Waals surface area contributed by atoms with Gasteiger partial charge in [0, 0.05) is 12.1 Å². The molecule has 2 rings (SSSR count). The van der Waals surface area contributed by atoms with Crippen LogP contribution in [0.3, 0.4) is 0 Å². The lowest BCUT2D eigenvalue weighted by molar-refractivity contribution is -0.384. The summed E-state index contributed by atoms with van der Waals surface area (Å²) in [6.45, 7) is 2.09. The minimum Gasteiger partial charge on any atom is -0.444 e. The Kier molecular flexibility index (Phi) is 3.43. The molecule has 0 aliphatic carbocycles. The van der Waals surface area contributed by atoms with E-state index in [4.69, 9.17) is 9.68 Å². The third-order valence-electron chi connectivity index (χ3n) is 2.43. The minimum atomic E-state index is -0.540. The number of rotatable bonds is 4. The Morgan fingerprint density at radius 3 is 2.95 bits per heavy atom. The highest BCUT2D eigenvalue weighted by molar-refractivity contribution is 5.61. The number of hydrogen-bond acceptors (Lipinski definition) is 6. The van der Waals surface area contributed by atoms with Gasteiger partial charge in [0.1, 0.15) is 11.8 Å². The second kappa shape index (κ2) is 5.18. The summed E-state index contributed by atoms with van der Waals surface area (Å²) in [5.41, 5.74) is 0.593. The lowest BCUT2D eigenvalue weighted by Gasteiger charge is -2.05. The molecule has 0 atom stereocenters. The van der Waals surface area contributed by atoms with Crippen LogP contribution in [0.2, 0.25) is 0 Å². The largest absolute Gasteiger partial charge is 0.444 e. The van der Waals surface area contributed by atoms with E-state index < -0.39 is 4.92 Å². The predicted molar refractivity (Wildman–Crippen MR) is 66.4 cm³/mol. The molecule has 0 bridgehead atoms. The van der Waals surface area contributed by atoms with Crippen molar-refractivity contribution in [1.82, 2.24) is 4.98 Å². The normalized spacial score (nSPS) is 9.89. The van der Waals surface area contributed by atoms with Crippen LogP contribution < -0.4 is 5.32 Å². The highest BCUT2D eigenvalue weighted by atomic mass is 16.6. The van der Waals surface area contributed by atoms with Gasteiger partial charge in [0.15, 0.2) is 0 Å². The van der Waals surface area contributed by atoms with Crippen molar-refractivity contribution >= 4 is 11.4 Å². The molecule has 7 heteroatoms. The highest BCUT2D eigenvalue weighted by Crippen LogP contribution is 2.21. The maximum Gasteiger partial charge on any atom is 0.270 e. The summed E-state index contributed by atoms with van der Waals surface area (Å²) in [5.74, 6) is 1.18. The van der Waals surface area contributed by atoms with Crippen LogP contribution in [-0.2, 0) is 6.54 Å². The number of non-ortho nitro benzene ring substituents is 1. The van der Waals surface area contributed by atoms with Gasteiger partial charge in [0.2, 0.25) is 5.89 Å². The molecule has 19 heavy (non-hydrogen) atoms. The van der Waals surface area contributed by atoms with Gasteiger partial charge in [-0.15, -0.1) is 0 Å². The SMILES string of the molecule is Cc1cnc(CNc2ccc([N+](=O)[O-])cc2C#N)o1. The van der Waals surface area contributed by atoms with Crippen molar-refractivity contribution < 1.29 is 9.34 Å². The third kappa shape index (κ3) is 2.87. The maximum atomic E-state index is 10.6. The fourth-order valence-electron chi connectivity index (χ4n) is 1.55. The van der Waals surface area contributed by atoms with Gasteiger partial charge < -0.3 is 9.73 Å². The number of nitro groups is 1. The molecule has 0 fully saturated rings. The van der Waals surface area contributed by atoms with Gasteiger partial charge >= 0.3 is 0 Å². The molecule has 96 valence electrons. The zero-order chi connectivity index (χ0) is 13.8. The lowest BCUT2D eigenvalue weighted by atomic mass is 10.1. The Labute approximate surface area is 108 Å². The molecule has 1 aromatic carbocycles. The first-order valence-corrected chi connectivity index (χ1v) is 5.44. The van der Waals surface area contributed by atoms with E-state index in [-0.39, 0.29) is 11.3 Å². The molecule has 0 saturated carbocycles. The van der Waals surface area contributed by atoms with Crippen molar-refractivity contribution in [2.24, 2.45) is 0 Å². The number of nitro benzene ring substituents is 1. The quantitative estimate of drug-likeness (QED) is 0.666. The fraction of sp³-hybridized carbons (Fsp3) is 0.167. The van der Waals surface area contributed by atoms with E-state index in [9.17, 15) is 10.1 Å². The third-order valence-corrected chi connectivity index (χ3v) is 2.43. The standard InChI is InChI=1S/C12H10N4O3/c1-8-6-15-12(19-8)7-14-11-3-2-10(16(17)18)4-9(11)5-13/h2-4,6,14H,7H2,1H3. The highest BCUT2D eigenvalue weighted by Gasteiger charge is 2.11. The number of anilines is 1. The van der Waals surface area contributed by atoms with Crippen molar-refractivity contribution in [2.45, 2.75) is 13.5 Å². The van der Waals surface area contributed by atoms with Gasteiger partial charge in [-0.2, -0.15) is 5.26 Å². The Morgan fingerprint density at radius 2 is 2.37 bits per heavy atom. The molecule has 0 radical (unpaired) electrons. The first kappa shape index (κ1) is 12.6. The van der Waals surface area contributed by atoms with Crippen LogP contribution in [-0.4, -0.2) is 9.91 Å². The zero-order valence-electron chi connectivity index (χ0n) is 10.1. The minimum absolute atomic E-state index is 0.117. The summed E-state index contributed by atoms with van der Waals surface area (Å²) in [4.78, 5) is 14.1. The monoisotopic (exact) mass is 258 g/mol. The molecule has 0 amide bonds. The van der Waals surface area contributed by atoms with Crippen molar-refractivity contribution in [3.63, 3.8) is 0 Å². The molecule has 1 heterocycles. The van der Waals surface area contributed by atoms with Crippen LogP contribution in [0.1, 0.15) is 17.2 Å². The smallest absolute Gasteiger partial charge is 0.270 e. The zero-order valence-corrected chi connectivity index (χ0v) is 10.1. The van der Waals surface area contributed by atoms with Crippen molar-refractivity contribution in [3.05, 3.63) is 51.7 Å². The molecule has 1 aromatic heterocycles. The van der Waals surface area contributed by atoms with Crippen molar-refractivity contribution in [1.29, 1.82) is 5.26 Å². The molecule has 1 N–H and O–H groups in total. The first-order chi connectivity index (χ1) is 9.10. The molecule has 0 spiro atoms. The number of oxazole rings is 1. The number of nitrogens with one attached hydrogen (secondary N) is 1. The van der Waals surface area contributed by atoms with E-state index in [2.05, 4.69) is 10.3 Å². The Bertz CT molecular complexity index is 657. The average Bonchev–Trinajstić information content (AvgIpc) is 2.81. The maximum absolute atomic E-state index is 10.6. The number of nitriles is 1. The molecular formula is C12H10N4O3. The van der Waals surface area contributed by atoms with E-state index in [1.807, 2.05) is 6.07 Å². The van der Waals surface area contributed by atoms with Crippen LogP contribution in [0.4, 0.5) is 11.4 Å². The molecule has 0 saturated heterocycles. The molecule has 0 aliphatic heterocycles. The summed E-state index contributed by atoms with van der Waals surface area (Å²) < 4.78 is 5.28. The summed E-state index contributed by atoms with van der Waals surface area (Å²) in [5, 5.41) is 22.5. The van der Waals surface area contributed by atoms with E-state index in [0.29, 0.717) is 23.9 Å². The number of aryl methyl sites for hydroxylation is 1. The number of nitrogens with zero attached hydrogens (tertiary/aromatic N) is 3. The van der Waals surface area contributed by atoms with E-state index in [1.54, 1.807) is 13.1 Å². The van der Waals surface area contributed by atoms with Gasteiger partial charge in [0.25, 0.3) is 5.69 Å². The van der Waals surface area contributed by atoms with Crippen LogP contribution in [0, 0.1) is 28.4 Å². The molecule has 0 aliphatic rings. The van der Waals surface area contributed by atoms with Gasteiger partial charge in [-0.3, -0.25) is 10.1 Å². The predicted octanol–water partition coefficient (Wildman–Crippen LogP) is 2.38. The van der Waals surface area contributed by atoms with Crippen LogP contribution >= 0.6 is 0 Å². The van der Waals surface area contributed by atoms with Crippen LogP contribution in [0.25, 0.3) is 0 Å². The first-order valence-electron chi connectivity index (χ1n) is 5.44. The number of hydrogen-bond donors (Lipinski definition) is 1. The topological polar surface area (TPSA) is 105 Å². The molecule has 2 aromatic rings. The Hall–Kier alpha value is -2.88. The Balaban J connectivity index is 2.16. The van der Waals surface area contributed by atoms with E-state index in [0.717, 1.165) is 0 Å². The summed E-state index contributed by atoms with van der Waals surface area (Å²) in [7, 11) is 0. The second-order valence-electron chi connectivity index (χ2n) is 3.82.